The summed E-state index contributed by atoms with van der Waals surface area (Å²) in [7, 11) is 1.59. The van der Waals surface area contributed by atoms with E-state index in [-0.39, 0.29) is 24.4 Å². The van der Waals surface area contributed by atoms with E-state index in [9.17, 15) is 9.50 Å². The minimum absolute atomic E-state index is 0.0231. The summed E-state index contributed by atoms with van der Waals surface area (Å²) in [6.07, 6.45) is 0.832. The van der Waals surface area contributed by atoms with Gasteiger partial charge in [0.05, 0.1) is 24.9 Å². The van der Waals surface area contributed by atoms with Crippen LogP contribution in [0.5, 0.6) is 11.5 Å². The largest absolute Gasteiger partial charge is 0.493 e. The number of piperidine rings is 1. The highest BCUT2D eigenvalue weighted by molar-refractivity contribution is 5.49. The van der Waals surface area contributed by atoms with Gasteiger partial charge < -0.3 is 19.3 Å². The first-order valence-corrected chi connectivity index (χ1v) is 9.32. The number of rotatable bonds is 5. The lowest BCUT2D eigenvalue weighted by Crippen LogP contribution is -2.53. The van der Waals surface area contributed by atoms with E-state index in [4.69, 9.17) is 14.2 Å². The van der Waals surface area contributed by atoms with E-state index in [0.29, 0.717) is 24.5 Å². The van der Waals surface area contributed by atoms with Gasteiger partial charge in [-0.2, -0.15) is 0 Å². The molecular weight excluding hydrogens is 337 g/mol. The van der Waals surface area contributed by atoms with Crippen LogP contribution >= 0.6 is 0 Å². The van der Waals surface area contributed by atoms with Gasteiger partial charge in [-0.3, -0.25) is 4.90 Å². The average Bonchev–Trinajstić information content (AvgIpc) is 2.58. The maximum atomic E-state index is 12.5. The molecule has 5 nitrogen and oxygen atoms in total. The molecule has 1 N–H and O–H groups in total. The van der Waals surface area contributed by atoms with Gasteiger partial charge in [0.2, 0.25) is 0 Å². The summed E-state index contributed by atoms with van der Waals surface area (Å²) in [5, 5.41) is 10.6. The molecule has 2 heterocycles. The monoisotopic (exact) mass is 367 g/mol. The SMILES string of the molecule is COc1cc2c(cc1OCCF)CCN1C[C@@H](OC(C)(C)C)[C@H](O)C[C@H]21. The number of hydrogen-bond acceptors (Lipinski definition) is 5. The van der Waals surface area contributed by atoms with Gasteiger partial charge in [-0.05, 0) is 56.9 Å². The minimum Gasteiger partial charge on any atom is -0.493 e. The highest BCUT2D eigenvalue weighted by Crippen LogP contribution is 2.42. The van der Waals surface area contributed by atoms with Gasteiger partial charge in [0.25, 0.3) is 0 Å². The van der Waals surface area contributed by atoms with Crippen molar-refractivity contribution >= 4 is 0 Å². The molecule has 1 fully saturated rings. The maximum Gasteiger partial charge on any atom is 0.161 e. The van der Waals surface area contributed by atoms with Crippen molar-refractivity contribution in [1.29, 1.82) is 0 Å². The second-order valence-electron chi connectivity index (χ2n) is 8.07. The molecule has 0 saturated carbocycles. The van der Waals surface area contributed by atoms with Crippen molar-refractivity contribution in [2.45, 2.75) is 57.5 Å². The molecule has 0 aliphatic carbocycles. The molecule has 2 aliphatic rings. The van der Waals surface area contributed by atoms with Crippen LogP contribution in [0.2, 0.25) is 0 Å². The Morgan fingerprint density at radius 3 is 2.69 bits per heavy atom. The molecule has 146 valence electrons. The van der Waals surface area contributed by atoms with Gasteiger partial charge in [0, 0.05) is 19.1 Å². The number of alkyl halides is 1. The third-order valence-corrected chi connectivity index (χ3v) is 5.04. The number of aliphatic hydroxyl groups excluding tert-OH is 1. The summed E-state index contributed by atoms with van der Waals surface area (Å²) in [6.45, 7) is 7.16. The van der Waals surface area contributed by atoms with Crippen LogP contribution in [0.4, 0.5) is 4.39 Å². The van der Waals surface area contributed by atoms with Crippen LogP contribution in [0.1, 0.15) is 44.4 Å². The molecule has 1 aromatic carbocycles. The van der Waals surface area contributed by atoms with E-state index >= 15 is 0 Å². The number of ether oxygens (including phenoxy) is 3. The molecule has 0 unspecified atom stereocenters. The Labute approximate surface area is 155 Å². The second-order valence-corrected chi connectivity index (χ2v) is 8.07. The van der Waals surface area contributed by atoms with Crippen molar-refractivity contribution in [3.05, 3.63) is 23.3 Å². The number of nitrogens with zero attached hydrogens (tertiary/aromatic N) is 1. The van der Waals surface area contributed by atoms with Crippen LogP contribution in [-0.4, -0.2) is 61.3 Å². The first-order chi connectivity index (χ1) is 12.3. The first kappa shape index (κ1) is 19.4. The molecule has 0 bridgehead atoms. The summed E-state index contributed by atoms with van der Waals surface area (Å²) >= 11 is 0. The van der Waals surface area contributed by atoms with Crippen LogP contribution in [0.15, 0.2) is 12.1 Å². The van der Waals surface area contributed by atoms with E-state index in [2.05, 4.69) is 4.90 Å². The third-order valence-electron chi connectivity index (χ3n) is 5.04. The van der Waals surface area contributed by atoms with Crippen LogP contribution in [0.25, 0.3) is 0 Å². The average molecular weight is 367 g/mol. The van der Waals surface area contributed by atoms with Crippen LogP contribution < -0.4 is 9.47 Å². The van der Waals surface area contributed by atoms with Gasteiger partial charge in [-0.15, -0.1) is 0 Å². The summed E-state index contributed by atoms with van der Waals surface area (Å²) in [5.41, 5.74) is 2.06. The predicted octanol–water partition coefficient (Wildman–Crippen LogP) is 2.89. The Morgan fingerprint density at radius 2 is 2.04 bits per heavy atom. The summed E-state index contributed by atoms with van der Waals surface area (Å²) in [4.78, 5) is 2.38. The molecule has 0 amide bonds. The lowest BCUT2D eigenvalue weighted by molar-refractivity contribution is -0.149. The van der Waals surface area contributed by atoms with E-state index in [1.807, 2.05) is 32.9 Å². The number of benzene rings is 1. The lowest BCUT2D eigenvalue weighted by atomic mass is 9.84. The molecule has 2 aliphatic heterocycles. The number of hydrogen-bond donors (Lipinski definition) is 1. The van der Waals surface area contributed by atoms with E-state index in [0.717, 1.165) is 18.5 Å². The molecule has 3 atom stereocenters. The Balaban J connectivity index is 1.83. The van der Waals surface area contributed by atoms with Crippen LogP contribution in [-0.2, 0) is 11.2 Å². The number of methoxy groups -OCH3 is 1. The normalized spacial score (nSPS) is 26.2. The zero-order valence-electron chi connectivity index (χ0n) is 16.1. The number of halogens is 1. The third kappa shape index (κ3) is 4.13. The van der Waals surface area contributed by atoms with Gasteiger partial charge in [-0.25, -0.2) is 4.39 Å². The van der Waals surface area contributed by atoms with Crippen molar-refractivity contribution in [3.63, 3.8) is 0 Å². The van der Waals surface area contributed by atoms with Gasteiger partial charge in [0.15, 0.2) is 11.5 Å². The van der Waals surface area contributed by atoms with Gasteiger partial charge in [-0.1, -0.05) is 0 Å². The van der Waals surface area contributed by atoms with Crippen molar-refractivity contribution in [1.82, 2.24) is 4.90 Å². The van der Waals surface area contributed by atoms with E-state index in [1.54, 1.807) is 7.11 Å². The molecule has 3 rings (SSSR count). The first-order valence-electron chi connectivity index (χ1n) is 9.32. The smallest absolute Gasteiger partial charge is 0.161 e. The minimum atomic E-state index is -0.530. The quantitative estimate of drug-likeness (QED) is 0.867. The molecule has 0 radical (unpaired) electrons. The van der Waals surface area contributed by atoms with Crippen molar-refractivity contribution in [3.8, 4) is 11.5 Å². The molecule has 6 heteroatoms. The van der Waals surface area contributed by atoms with Crippen molar-refractivity contribution in [2.75, 3.05) is 33.5 Å². The zero-order chi connectivity index (χ0) is 18.9. The highest BCUT2D eigenvalue weighted by Gasteiger charge is 2.40. The van der Waals surface area contributed by atoms with Gasteiger partial charge in [0.1, 0.15) is 13.3 Å². The van der Waals surface area contributed by atoms with Crippen molar-refractivity contribution in [2.24, 2.45) is 0 Å². The molecule has 0 aromatic heterocycles. The molecule has 1 saturated heterocycles. The molecule has 0 spiro atoms. The summed E-state index contributed by atoms with van der Waals surface area (Å²) in [6, 6.07) is 4.08. The fraction of sp³-hybridized carbons (Fsp3) is 0.700. The lowest BCUT2D eigenvalue weighted by Gasteiger charge is -2.46. The Morgan fingerprint density at radius 1 is 1.27 bits per heavy atom. The molecular formula is C20H30FNO4. The molecule has 1 aromatic rings. The number of fused-ring (bicyclic) bond motifs is 3. The van der Waals surface area contributed by atoms with Crippen molar-refractivity contribution < 1.29 is 23.7 Å². The zero-order valence-corrected chi connectivity index (χ0v) is 16.1. The standard InChI is InChI=1S/C20H30FNO4/c1-20(2,3)26-19-12-22-7-5-13-9-18(25-8-6-21)17(24-4)10-14(13)15(22)11-16(19)23/h9-10,15-16,19,23H,5-8,11-12H2,1-4H3/t15-,16-,19-/m1/s1. The van der Waals surface area contributed by atoms with Crippen LogP contribution in [0.3, 0.4) is 0 Å². The van der Waals surface area contributed by atoms with E-state index < -0.39 is 12.8 Å². The van der Waals surface area contributed by atoms with E-state index in [1.165, 1.54) is 5.56 Å². The topological polar surface area (TPSA) is 51.2 Å². The predicted molar refractivity (Wildman–Crippen MR) is 97.7 cm³/mol. The highest BCUT2D eigenvalue weighted by atomic mass is 19.1. The Kier molecular flexibility index (Phi) is 5.75. The number of aliphatic hydroxyl groups is 1. The molecule has 26 heavy (non-hydrogen) atoms. The fourth-order valence-corrected chi connectivity index (χ4v) is 3.98. The fourth-order valence-electron chi connectivity index (χ4n) is 3.98. The summed E-state index contributed by atoms with van der Waals surface area (Å²) in [5.74, 6) is 1.20. The maximum absolute atomic E-state index is 12.5. The van der Waals surface area contributed by atoms with Crippen LogP contribution in [0, 0.1) is 0 Å². The summed E-state index contributed by atoms with van der Waals surface area (Å²) < 4.78 is 29.5. The Bertz CT molecular complexity index is 631. The Hall–Kier alpha value is -1.37. The second kappa shape index (κ2) is 7.71. The van der Waals surface area contributed by atoms with Gasteiger partial charge >= 0.3 is 0 Å².